The highest BCUT2D eigenvalue weighted by Crippen LogP contribution is 2.22. The summed E-state index contributed by atoms with van der Waals surface area (Å²) in [6.07, 6.45) is 1.43. The monoisotopic (exact) mass is 408 g/mol. The molecule has 0 unspecified atom stereocenters. The van der Waals surface area contributed by atoms with Gasteiger partial charge in [-0.1, -0.05) is 18.2 Å². The number of ether oxygens (including phenoxy) is 1. The molecule has 3 rings (SSSR count). The van der Waals surface area contributed by atoms with Crippen molar-refractivity contribution in [3.63, 3.8) is 0 Å². The third-order valence-corrected chi connectivity index (χ3v) is 3.93. The van der Waals surface area contributed by atoms with Crippen molar-refractivity contribution in [1.29, 1.82) is 0 Å². The van der Waals surface area contributed by atoms with Crippen LogP contribution in [0.5, 0.6) is 11.5 Å². The molecule has 0 aliphatic carbocycles. The third kappa shape index (κ3) is 4.96. The molecule has 0 bridgehead atoms. The second kappa shape index (κ2) is 9.28. The summed E-state index contributed by atoms with van der Waals surface area (Å²) in [5.41, 5.74) is 4.57. The van der Waals surface area contributed by atoms with Crippen molar-refractivity contribution in [2.45, 2.75) is 0 Å². The number of hydrogen-bond donors (Lipinski definition) is 3. The standard InChI is InChI=1S/C21H17FN4O4/c1-23-21(29)18-12-15(9-10-24-18)30-14-6-4-5-13(11-14)19(27)25-26-20(28)16-7-2-3-8-17(16)22/h2-12H,1H3,(H,23,29)(H,25,27)(H,26,28). The Morgan fingerprint density at radius 2 is 1.60 bits per heavy atom. The number of rotatable bonds is 5. The lowest BCUT2D eigenvalue weighted by atomic mass is 10.2. The summed E-state index contributed by atoms with van der Waals surface area (Å²) in [4.78, 5) is 39.9. The van der Waals surface area contributed by atoms with E-state index in [4.69, 9.17) is 4.74 Å². The zero-order valence-electron chi connectivity index (χ0n) is 15.8. The Balaban J connectivity index is 1.66. The van der Waals surface area contributed by atoms with Crippen molar-refractivity contribution in [2.24, 2.45) is 0 Å². The summed E-state index contributed by atoms with van der Waals surface area (Å²) >= 11 is 0. The van der Waals surface area contributed by atoms with Crippen LogP contribution in [0.1, 0.15) is 31.2 Å². The number of aromatic nitrogens is 1. The Morgan fingerprint density at radius 1 is 0.867 bits per heavy atom. The quantitative estimate of drug-likeness (QED) is 0.562. The van der Waals surface area contributed by atoms with Crippen LogP contribution in [0.2, 0.25) is 0 Å². The number of pyridine rings is 1. The molecule has 152 valence electrons. The molecule has 9 heteroatoms. The Morgan fingerprint density at radius 3 is 2.37 bits per heavy atom. The number of nitrogens with zero attached hydrogens (tertiary/aromatic N) is 1. The molecule has 0 saturated carbocycles. The van der Waals surface area contributed by atoms with E-state index in [1.54, 1.807) is 18.2 Å². The zero-order valence-corrected chi connectivity index (χ0v) is 15.8. The van der Waals surface area contributed by atoms with Crippen LogP contribution in [-0.4, -0.2) is 29.8 Å². The van der Waals surface area contributed by atoms with E-state index in [0.717, 1.165) is 6.07 Å². The van der Waals surface area contributed by atoms with E-state index in [2.05, 4.69) is 21.2 Å². The molecule has 1 heterocycles. The van der Waals surface area contributed by atoms with Gasteiger partial charge in [0.25, 0.3) is 17.7 Å². The fraction of sp³-hybridized carbons (Fsp3) is 0.0476. The van der Waals surface area contributed by atoms with Crippen molar-refractivity contribution < 1.29 is 23.5 Å². The number of amides is 3. The van der Waals surface area contributed by atoms with Gasteiger partial charge in [-0.25, -0.2) is 4.39 Å². The van der Waals surface area contributed by atoms with Crippen molar-refractivity contribution in [3.8, 4) is 11.5 Å². The molecule has 3 aromatic rings. The van der Waals surface area contributed by atoms with Crippen LogP contribution in [-0.2, 0) is 0 Å². The Bertz CT molecular complexity index is 1100. The lowest BCUT2D eigenvalue weighted by molar-refractivity contribution is 0.0844. The van der Waals surface area contributed by atoms with Gasteiger partial charge in [-0.05, 0) is 36.4 Å². The van der Waals surface area contributed by atoms with E-state index in [0.29, 0.717) is 11.5 Å². The molecule has 30 heavy (non-hydrogen) atoms. The fourth-order valence-corrected chi connectivity index (χ4v) is 2.46. The van der Waals surface area contributed by atoms with Crippen molar-refractivity contribution in [2.75, 3.05) is 7.05 Å². The van der Waals surface area contributed by atoms with Crippen molar-refractivity contribution >= 4 is 17.7 Å². The van der Waals surface area contributed by atoms with Crippen molar-refractivity contribution in [3.05, 3.63) is 89.5 Å². The van der Waals surface area contributed by atoms with Gasteiger partial charge in [0.2, 0.25) is 0 Å². The van der Waals surface area contributed by atoms with E-state index in [-0.39, 0.29) is 22.7 Å². The molecule has 0 aliphatic heterocycles. The molecule has 0 saturated heterocycles. The summed E-state index contributed by atoms with van der Waals surface area (Å²) in [6.45, 7) is 0. The third-order valence-electron chi connectivity index (χ3n) is 3.93. The molecule has 0 atom stereocenters. The summed E-state index contributed by atoms with van der Waals surface area (Å²) in [7, 11) is 1.49. The van der Waals surface area contributed by atoms with Gasteiger partial charge in [0, 0.05) is 24.9 Å². The van der Waals surface area contributed by atoms with E-state index >= 15 is 0 Å². The molecular weight excluding hydrogens is 391 g/mol. The number of hydrazine groups is 1. The first-order valence-corrected chi connectivity index (χ1v) is 8.79. The van der Waals surface area contributed by atoms with Crippen molar-refractivity contribution in [1.82, 2.24) is 21.2 Å². The van der Waals surface area contributed by atoms with Gasteiger partial charge in [0.15, 0.2) is 0 Å². The topological polar surface area (TPSA) is 109 Å². The minimum absolute atomic E-state index is 0.180. The molecule has 0 aliphatic rings. The summed E-state index contributed by atoms with van der Waals surface area (Å²) in [5.74, 6) is -1.78. The molecule has 0 fully saturated rings. The average Bonchev–Trinajstić information content (AvgIpc) is 2.77. The van der Waals surface area contributed by atoms with Crippen LogP contribution < -0.4 is 20.9 Å². The number of benzene rings is 2. The molecule has 1 aromatic heterocycles. The maximum Gasteiger partial charge on any atom is 0.272 e. The highest BCUT2D eigenvalue weighted by molar-refractivity contribution is 5.99. The molecule has 3 N–H and O–H groups in total. The van der Waals surface area contributed by atoms with Crippen LogP contribution in [0.4, 0.5) is 4.39 Å². The number of carbonyl (C=O) groups excluding carboxylic acids is 3. The molecule has 3 amide bonds. The minimum atomic E-state index is -0.785. The first kappa shape index (κ1) is 20.5. The molecule has 0 spiro atoms. The predicted molar refractivity (Wildman–Crippen MR) is 105 cm³/mol. The number of hydrogen-bond acceptors (Lipinski definition) is 5. The van der Waals surface area contributed by atoms with Gasteiger partial charge in [0.05, 0.1) is 5.56 Å². The maximum absolute atomic E-state index is 13.6. The zero-order chi connectivity index (χ0) is 21.5. The SMILES string of the molecule is CNC(=O)c1cc(Oc2cccc(C(=O)NNC(=O)c3ccccc3F)c2)ccn1. The van der Waals surface area contributed by atoms with Crippen LogP contribution in [0.25, 0.3) is 0 Å². The Hall–Kier alpha value is -4.27. The van der Waals surface area contributed by atoms with Crippen LogP contribution >= 0.6 is 0 Å². The largest absolute Gasteiger partial charge is 0.457 e. The lowest BCUT2D eigenvalue weighted by Crippen LogP contribution is -2.41. The van der Waals surface area contributed by atoms with Gasteiger partial charge in [-0.3, -0.25) is 30.2 Å². The van der Waals surface area contributed by atoms with Crippen LogP contribution in [0.3, 0.4) is 0 Å². The summed E-state index contributed by atoms with van der Waals surface area (Å²) in [5, 5.41) is 2.47. The van der Waals surface area contributed by atoms with Gasteiger partial charge < -0.3 is 10.1 Å². The molecular formula is C21H17FN4O4. The fourth-order valence-electron chi connectivity index (χ4n) is 2.46. The second-order valence-corrected chi connectivity index (χ2v) is 5.97. The summed E-state index contributed by atoms with van der Waals surface area (Å²) < 4.78 is 19.3. The van der Waals surface area contributed by atoms with Gasteiger partial charge >= 0.3 is 0 Å². The lowest BCUT2D eigenvalue weighted by Gasteiger charge is -2.10. The first-order valence-electron chi connectivity index (χ1n) is 8.79. The Kier molecular flexibility index (Phi) is 6.33. The number of carbonyl (C=O) groups is 3. The number of halogens is 1. The molecule has 8 nitrogen and oxygen atoms in total. The normalized spacial score (nSPS) is 10.1. The van der Waals surface area contributed by atoms with Gasteiger partial charge in [-0.2, -0.15) is 0 Å². The maximum atomic E-state index is 13.6. The van der Waals surface area contributed by atoms with Crippen LogP contribution in [0, 0.1) is 5.82 Å². The highest BCUT2D eigenvalue weighted by atomic mass is 19.1. The predicted octanol–water partition coefficient (Wildman–Crippen LogP) is 2.45. The average molecular weight is 408 g/mol. The highest BCUT2D eigenvalue weighted by Gasteiger charge is 2.13. The smallest absolute Gasteiger partial charge is 0.272 e. The number of nitrogens with one attached hydrogen (secondary N) is 3. The molecule has 2 aromatic carbocycles. The second-order valence-electron chi connectivity index (χ2n) is 5.97. The minimum Gasteiger partial charge on any atom is -0.457 e. The van der Waals surface area contributed by atoms with E-state index in [9.17, 15) is 18.8 Å². The molecule has 0 radical (unpaired) electrons. The van der Waals surface area contributed by atoms with Gasteiger partial charge in [0.1, 0.15) is 23.0 Å². The summed E-state index contributed by atoms with van der Waals surface area (Å²) in [6, 6.07) is 14.6. The van der Waals surface area contributed by atoms with Crippen LogP contribution in [0.15, 0.2) is 66.9 Å². The van der Waals surface area contributed by atoms with Gasteiger partial charge in [-0.15, -0.1) is 0 Å². The van der Waals surface area contributed by atoms with E-state index in [1.165, 1.54) is 49.6 Å². The van der Waals surface area contributed by atoms with E-state index in [1.807, 2.05) is 0 Å². The Labute approximate surface area is 171 Å². The van der Waals surface area contributed by atoms with E-state index < -0.39 is 17.6 Å². The first-order chi connectivity index (χ1) is 14.5.